The van der Waals surface area contributed by atoms with Gasteiger partial charge in [0.25, 0.3) is 5.91 Å². The summed E-state index contributed by atoms with van der Waals surface area (Å²) >= 11 is 1.38. The second-order valence-electron chi connectivity index (χ2n) is 5.91. The topological polar surface area (TPSA) is 73.2 Å². The van der Waals surface area contributed by atoms with Crippen molar-refractivity contribution in [1.29, 1.82) is 5.26 Å². The van der Waals surface area contributed by atoms with Gasteiger partial charge in [0.1, 0.15) is 0 Å². The number of hydrogen-bond donors (Lipinski definition) is 1. The molecule has 0 saturated heterocycles. The molecule has 0 bridgehead atoms. The fourth-order valence-corrected chi connectivity index (χ4v) is 3.00. The number of nitrogens with zero attached hydrogens (tertiary/aromatic N) is 2. The standard InChI is InChI=1S/C19H21N3O2S/c1-14(2)22(13-16-7-5-15(12-20)6-8-16)18(23)9-10-21-19(24)17-4-3-11-25-17/h3-8,11,14H,9-10,13H2,1-2H3,(H,21,24). The molecule has 2 aromatic rings. The van der Waals surface area contributed by atoms with Gasteiger partial charge in [0, 0.05) is 25.6 Å². The van der Waals surface area contributed by atoms with Gasteiger partial charge in [-0.2, -0.15) is 5.26 Å². The van der Waals surface area contributed by atoms with Crippen LogP contribution in [0.5, 0.6) is 0 Å². The highest BCUT2D eigenvalue weighted by Crippen LogP contribution is 2.12. The van der Waals surface area contributed by atoms with Crippen molar-refractivity contribution >= 4 is 23.2 Å². The maximum atomic E-state index is 12.5. The fourth-order valence-electron chi connectivity index (χ4n) is 2.36. The van der Waals surface area contributed by atoms with E-state index in [1.54, 1.807) is 23.1 Å². The second kappa shape index (κ2) is 9.00. The van der Waals surface area contributed by atoms with Crippen molar-refractivity contribution in [2.24, 2.45) is 0 Å². The van der Waals surface area contributed by atoms with Gasteiger partial charge in [-0.05, 0) is 43.0 Å². The molecule has 0 atom stereocenters. The molecule has 1 N–H and O–H groups in total. The van der Waals surface area contributed by atoms with E-state index >= 15 is 0 Å². The maximum Gasteiger partial charge on any atom is 0.261 e. The Bertz CT molecular complexity index is 746. The van der Waals surface area contributed by atoms with Crippen LogP contribution in [0.2, 0.25) is 0 Å². The van der Waals surface area contributed by atoms with Crippen LogP contribution >= 0.6 is 11.3 Å². The molecule has 0 aliphatic rings. The van der Waals surface area contributed by atoms with Crippen LogP contribution in [0, 0.1) is 11.3 Å². The lowest BCUT2D eigenvalue weighted by atomic mass is 10.1. The molecule has 130 valence electrons. The molecule has 0 unspecified atom stereocenters. The molecule has 0 aliphatic carbocycles. The average molecular weight is 355 g/mol. The Morgan fingerprint density at radius 2 is 1.96 bits per heavy atom. The Balaban J connectivity index is 1.89. The van der Waals surface area contributed by atoms with E-state index in [1.165, 1.54) is 11.3 Å². The van der Waals surface area contributed by atoms with E-state index < -0.39 is 0 Å². The number of thiophene rings is 1. The van der Waals surface area contributed by atoms with Gasteiger partial charge in [-0.3, -0.25) is 9.59 Å². The van der Waals surface area contributed by atoms with Gasteiger partial charge in [-0.25, -0.2) is 0 Å². The molecular formula is C19H21N3O2S. The SMILES string of the molecule is CC(C)N(Cc1ccc(C#N)cc1)C(=O)CCNC(=O)c1cccs1. The highest BCUT2D eigenvalue weighted by molar-refractivity contribution is 7.12. The first-order chi connectivity index (χ1) is 12.0. The Morgan fingerprint density at radius 1 is 1.24 bits per heavy atom. The smallest absolute Gasteiger partial charge is 0.261 e. The Hall–Kier alpha value is -2.65. The van der Waals surface area contributed by atoms with E-state index in [1.807, 2.05) is 37.4 Å². The van der Waals surface area contributed by atoms with E-state index in [4.69, 9.17) is 5.26 Å². The summed E-state index contributed by atoms with van der Waals surface area (Å²) in [6.07, 6.45) is 0.256. The number of carbonyl (C=O) groups excluding carboxylic acids is 2. The third-order valence-corrected chi connectivity index (χ3v) is 4.62. The molecule has 0 spiro atoms. The van der Waals surface area contributed by atoms with Crippen LogP contribution in [0.4, 0.5) is 0 Å². The number of carbonyl (C=O) groups is 2. The first-order valence-electron chi connectivity index (χ1n) is 8.11. The summed E-state index contributed by atoms with van der Waals surface area (Å²) in [6, 6.07) is 12.9. The Labute approximate surface area is 151 Å². The van der Waals surface area contributed by atoms with Gasteiger partial charge in [0.15, 0.2) is 0 Å². The molecule has 0 radical (unpaired) electrons. The van der Waals surface area contributed by atoms with Gasteiger partial charge in [-0.15, -0.1) is 11.3 Å². The maximum absolute atomic E-state index is 12.5. The second-order valence-corrected chi connectivity index (χ2v) is 6.86. The van der Waals surface area contributed by atoms with E-state index in [0.29, 0.717) is 23.5 Å². The lowest BCUT2D eigenvalue weighted by Crippen LogP contribution is -2.38. The van der Waals surface area contributed by atoms with Gasteiger partial charge < -0.3 is 10.2 Å². The number of amides is 2. The Kier molecular flexibility index (Phi) is 6.72. The van der Waals surface area contributed by atoms with E-state index in [9.17, 15) is 9.59 Å². The normalized spacial score (nSPS) is 10.3. The fraction of sp³-hybridized carbons (Fsp3) is 0.316. The summed E-state index contributed by atoms with van der Waals surface area (Å²) in [4.78, 5) is 26.8. The molecule has 1 aromatic heterocycles. The van der Waals surface area contributed by atoms with Crippen LogP contribution < -0.4 is 5.32 Å². The molecule has 2 rings (SSSR count). The summed E-state index contributed by atoms with van der Waals surface area (Å²) in [6.45, 7) is 4.73. The number of rotatable bonds is 7. The van der Waals surface area contributed by atoms with Crippen LogP contribution in [0.1, 0.15) is 41.1 Å². The van der Waals surface area contributed by atoms with Gasteiger partial charge in [-0.1, -0.05) is 18.2 Å². The molecule has 1 heterocycles. The van der Waals surface area contributed by atoms with Crippen molar-refractivity contribution in [3.8, 4) is 6.07 Å². The van der Waals surface area contributed by atoms with E-state index in [-0.39, 0.29) is 24.3 Å². The quantitative estimate of drug-likeness (QED) is 0.829. The summed E-state index contributed by atoms with van der Waals surface area (Å²) in [5.41, 5.74) is 1.58. The predicted molar refractivity (Wildman–Crippen MR) is 98.1 cm³/mol. The minimum Gasteiger partial charge on any atom is -0.351 e. The number of nitriles is 1. The van der Waals surface area contributed by atoms with Crippen molar-refractivity contribution in [3.63, 3.8) is 0 Å². The number of benzene rings is 1. The van der Waals surface area contributed by atoms with Gasteiger partial charge >= 0.3 is 0 Å². The van der Waals surface area contributed by atoms with Crippen molar-refractivity contribution < 1.29 is 9.59 Å². The summed E-state index contributed by atoms with van der Waals surface area (Å²) in [5.74, 6) is -0.156. The molecule has 6 heteroatoms. The number of hydrogen-bond acceptors (Lipinski definition) is 4. The zero-order valence-electron chi connectivity index (χ0n) is 14.4. The van der Waals surface area contributed by atoms with Crippen molar-refractivity contribution in [2.75, 3.05) is 6.54 Å². The van der Waals surface area contributed by atoms with Crippen LogP contribution in [-0.4, -0.2) is 29.3 Å². The average Bonchev–Trinajstić information content (AvgIpc) is 3.14. The molecule has 25 heavy (non-hydrogen) atoms. The first kappa shape index (κ1) is 18.7. The third kappa shape index (κ3) is 5.44. The monoisotopic (exact) mass is 355 g/mol. The molecule has 0 saturated carbocycles. The molecule has 0 fully saturated rings. The lowest BCUT2D eigenvalue weighted by Gasteiger charge is -2.27. The van der Waals surface area contributed by atoms with Gasteiger partial charge in [0.2, 0.25) is 5.91 Å². The van der Waals surface area contributed by atoms with E-state index in [0.717, 1.165) is 5.56 Å². The van der Waals surface area contributed by atoms with Crippen LogP contribution in [0.3, 0.4) is 0 Å². The molecule has 1 aromatic carbocycles. The van der Waals surface area contributed by atoms with Crippen molar-refractivity contribution in [2.45, 2.75) is 32.9 Å². The van der Waals surface area contributed by atoms with E-state index in [2.05, 4.69) is 11.4 Å². The predicted octanol–water partition coefficient (Wildman–Crippen LogP) is 3.18. The Morgan fingerprint density at radius 3 is 2.52 bits per heavy atom. The zero-order valence-corrected chi connectivity index (χ0v) is 15.2. The van der Waals surface area contributed by atoms with Crippen LogP contribution in [0.15, 0.2) is 41.8 Å². The van der Waals surface area contributed by atoms with Crippen LogP contribution in [-0.2, 0) is 11.3 Å². The summed E-state index contributed by atoms with van der Waals surface area (Å²) < 4.78 is 0. The largest absolute Gasteiger partial charge is 0.351 e. The van der Waals surface area contributed by atoms with Gasteiger partial charge in [0.05, 0.1) is 16.5 Å². The highest BCUT2D eigenvalue weighted by Gasteiger charge is 2.17. The highest BCUT2D eigenvalue weighted by atomic mass is 32.1. The molecular weight excluding hydrogens is 334 g/mol. The molecule has 0 aliphatic heterocycles. The van der Waals surface area contributed by atoms with Crippen molar-refractivity contribution in [3.05, 3.63) is 57.8 Å². The minimum atomic E-state index is -0.147. The first-order valence-corrected chi connectivity index (χ1v) is 8.99. The minimum absolute atomic E-state index is 0.00848. The zero-order chi connectivity index (χ0) is 18.2. The third-order valence-electron chi connectivity index (χ3n) is 3.75. The molecule has 2 amide bonds. The van der Waals surface area contributed by atoms with Crippen molar-refractivity contribution in [1.82, 2.24) is 10.2 Å². The van der Waals surface area contributed by atoms with Crippen LogP contribution in [0.25, 0.3) is 0 Å². The molecule has 5 nitrogen and oxygen atoms in total. The number of nitrogens with one attached hydrogen (secondary N) is 1. The lowest BCUT2D eigenvalue weighted by molar-refractivity contribution is -0.133. The summed E-state index contributed by atoms with van der Waals surface area (Å²) in [7, 11) is 0. The summed E-state index contributed by atoms with van der Waals surface area (Å²) in [5, 5.41) is 13.5.